The number of nitrogens with one attached hydrogen (secondary N) is 2. The molecule has 0 bridgehead atoms. The molecule has 0 unspecified atom stereocenters. The van der Waals surface area contributed by atoms with Crippen molar-refractivity contribution in [2.45, 2.75) is 25.7 Å². The molecule has 4 rings (SSSR count). The number of hydrogen-bond acceptors (Lipinski definition) is 5. The molecule has 3 amide bonds. The number of carbonyl (C=O) groups excluding carboxylic acids is 2. The van der Waals surface area contributed by atoms with Crippen LogP contribution in [0.2, 0.25) is 5.02 Å². The molecule has 3 aromatic rings. The highest BCUT2D eigenvalue weighted by atomic mass is 35.5. The van der Waals surface area contributed by atoms with Crippen LogP contribution in [-0.2, 0) is 12.8 Å². The van der Waals surface area contributed by atoms with Gasteiger partial charge in [-0.15, -0.1) is 0 Å². The van der Waals surface area contributed by atoms with E-state index in [0.29, 0.717) is 5.75 Å². The lowest BCUT2D eigenvalue weighted by molar-refractivity contribution is 0.0959. The van der Waals surface area contributed by atoms with Gasteiger partial charge in [0.1, 0.15) is 28.0 Å². The standard InChI is InChI=1S/C25H23ClF2N4O3/c1-32(2)20-10-11-21(16-7-4-3-6-15(16)20)35-24-17(26)12-14(13-29-24)30-25(34)31-23(33)22-18(27)8-5-9-19(22)28/h5,8-13H,3-4,6-7H2,1-2H3,(H2,30,31,33,34). The van der Waals surface area contributed by atoms with E-state index in [1.165, 1.54) is 17.8 Å². The molecule has 1 aliphatic carbocycles. The van der Waals surface area contributed by atoms with Crippen LogP contribution in [0.1, 0.15) is 34.3 Å². The number of halogens is 3. The molecule has 1 aliphatic rings. The van der Waals surface area contributed by atoms with Crippen molar-refractivity contribution in [1.82, 2.24) is 10.3 Å². The Balaban J connectivity index is 1.47. The van der Waals surface area contributed by atoms with Crippen LogP contribution >= 0.6 is 11.6 Å². The van der Waals surface area contributed by atoms with E-state index < -0.39 is 29.1 Å². The summed E-state index contributed by atoms with van der Waals surface area (Å²) in [5, 5.41) is 4.37. The number of ether oxygens (including phenoxy) is 1. The summed E-state index contributed by atoms with van der Waals surface area (Å²) in [5.74, 6) is -2.55. The number of anilines is 2. The largest absolute Gasteiger partial charge is 0.437 e. The van der Waals surface area contributed by atoms with Crippen molar-refractivity contribution in [3.63, 3.8) is 0 Å². The van der Waals surface area contributed by atoms with Crippen molar-refractivity contribution in [3.05, 3.63) is 75.9 Å². The Labute approximate surface area is 206 Å². The summed E-state index contributed by atoms with van der Waals surface area (Å²) in [7, 11) is 4.01. The molecule has 0 saturated heterocycles. The van der Waals surface area contributed by atoms with Crippen LogP contribution in [0.4, 0.5) is 25.0 Å². The maximum Gasteiger partial charge on any atom is 0.326 e. The molecule has 0 radical (unpaired) electrons. The average Bonchev–Trinajstić information content (AvgIpc) is 2.80. The molecular weight excluding hydrogens is 478 g/mol. The van der Waals surface area contributed by atoms with Gasteiger partial charge in [-0.05, 0) is 61.6 Å². The van der Waals surface area contributed by atoms with Crippen LogP contribution in [0.3, 0.4) is 0 Å². The summed E-state index contributed by atoms with van der Waals surface area (Å²) in [6, 6.07) is 7.25. The lowest BCUT2D eigenvalue weighted by atomic mass is 9.89. The number of pyridine rings is 1. The van der Waals surface area contributed by atoms with Crippen molar-refractivity contribution in [3.8, 4) is 11.6 Å². The normalized spacial score (nSPS) is 12.5. The lowest BCUT2D eigenvalue weighted by Crippen LogP contribution is -2.35. The van der Waals surface area contributed by atoms with Gasteiger partial charge in [0.2, 0.25) is 5.88 Å². The molecule has 0 fully saturated rings. The molecule has 35 heavy (non-hydrogen) atoms. The van der Waals surface area contributed by atoms with Gasteiger partial charge in [-0.2, -0.15) is 0 Å². The number of amides is 3. The smallest absolute Gasteiger partial charge is 0.326 e. The molecule has 0 spiro atoms. The Morgan fingerprint density at radius 1 is 1.06 bits per heavy atom. The van der Waals surface area contributed by atoms with Crippen LogP contribution in [-0.4, -0.2) is 31.0 Å². The minimum Gasteiger partial charge on any atom is -0.437 e. The molecular formula is C25H23ClF2N4O3. The molecule has 0 saturated carbocycles. The zero-order valence-corrected chi connectivity index (χ0v) is 19.9. The molecule has 2 aromatic carbocycles. The first-order valence-corrected chi connectivity index (χ1v) is 11.3. The predicted octanol–water partition coefficient (Wildman–Crippen LogP) is 5.71. The number of urea groups is 1. The highest BCUT2D eigenvalue weighted by Crippen LogP contribution is 2.39. The fourth-order valence-electron chi connectivity index (χ4n) is 4.05. The fourth-order valence-corrected chi connectivity index (χ4v) is 4.25. The second kappa shape index (κ2) is 10.3. The third-order valence-corrected chi connectivity index (χ3v) is 5.91. The van der Waals surface area contributed by atoms with E-state index >= 15 is 0 Å². The fraction of sp³-hybridized carbons (Fsp3) is 0.240. The molecule has 1 heterocycles. The Morgan fingerprint density at radius 3 is 2.40 bits per heavy atom. The molecule has 0 atom stereocenters. The monoisotopic (exact) mass is 500 g/mol. The van der Waals surface area contributed by atoms with Crippen molar-refractivity contribution in [2.75, 3.05) is 24.3 Å². The van der Waals surface area contributed by atoms with Crippen LogP contribution in [0.15, 0.2) is 42.6 Å². The van der Waals surface area contributed by atoms with Gasteiger partial charge < -0.3 is 15.0 Å². The van der Waals surface area contributed by atoms with Crippen LogP contribution in [0, 0.1) is 11.6 Å². The average molecular weight is 501 g/mol. The highest BCUT2D eigenvalue weighted by Gasteiger charge is 2.21. The van der Waals surface area contributed by atoms with Crippen molar-refractivity contribution in [2.24, 2.45) is 0 Å². The lowest BCUT2D eigenvalue weighted by Gasteiger charge is -2.25. The van der Waals surface area contributed by atoms with E-state index in [4.69, 9.17) is 16.3 Å². The number of fused-ring (bicyclic) bond motifs is 1. The van der Waals surface area contributed by atoms with Gasteiger partial charge in [-0.3, -0.25) is 10.1 Å². The van der Waals surface area contributed by atoms with E-state index in [0.717, 1.165) is 55.1 Å². The van der Waals surface area contributed by atoms with Crippen molar-refractivity contribution in [1.29, 1.82) is 0 Å². The number of aromatic nitrogens is 1. The number of carbonyl (C=O) groups is 2. The zero-order chi connectivity index (χ0) is 25.1. The third kappa shape index (κ3) is 5.35. The second-order valence-corrected chi connectivity index (χ2v) is 8.67. The maximum absolute atomic E-state index is 13.7. The Hall–Kier alpha value is -3.72. The summed E-state index contributed by atoms with van der Waals surface area (Å²) in [4.78, 5) is 30.5. The molecule has 182 valence electrons. The van der Waals surface area contributed by atoms with Crippen molar-refractivity contribution < 1.29 is 23.1 Å². The van der Waals surface area contributed by atoms with Crippen molar-refractivity contribution >= 4 is 34.9 Å². The summed E-state index contributed by atoms with van der Waals surface area (Å²) in [6.45, 7) is 0. The number of rotatable bonds is 5. The third-order valence-electron chi connectivity index (χ3n) is 5.64. The first-order valence-electron chi connectivity index (χ1n) is 11.0. The van der Waals surface area contributed by atoms with Crippen LogP contribution in [0.5, 0.6) is 11.6 Å². The maximum atomic E-state index is 13.7. The SMILES string of the molecule is CN(C)c1ccc(Oc2ncc(NC(=O)NC(=O)c3c(F)cccc3F)cc2Cl)c2c1CCCC2. The summed E-state index contributed by atoms with van der Waals surface area (Å²) in [6.07, 6.45) is 5.34. The van der Waals surface area contributed by atoms with Crippen LogP contribution in [0.25, 0.3) is 0 Å². The first kappa shape index (κ1) is 24.4. The second-order valence-electron chi connectivity index (χ2n) is 8.26. The molecule has 0 aliphatic heterocycles. The molecule has 2 N–H and O–H groups in total. The van der Waals surface area contributed by atoms with Gasteiger partial charge in [0.25, 0.3) is 5.91 Å². The minimum absolute atomic E-state index is 0.135. The number of benzene rings is 2. The topological polar surface area (TPSA) is 83.6 Å². The summed E-state index contributed by atoms with van der Waals surface area (Å²) in [5.41, 5.74) is 2.83. The van der Waals surface area contributed by atoms with Gasteiger partial charge in [0.05, 0.1) is 11.9 Å². The van der Waals surface area contributed by atoms with E-state index in [-0.39, 0.29) is 16.6 Å². The number of nitrogens with zero attached hydrogens (tertiary/aromatic N) is 2. The van der Waals surface area contributed by atoms with Gasteiger partial charge in [0, 0.05) is 25.3 Å². The van der Waals surface area contributed by atoms with Crippen LogP contribution < -0.4 is 20.3 Å². The van der Waals surface area contributed by atoms with Gasteiger partial charge in [-0.25, -0.2) is 18.6 Å². The Morgan fingerprint density at radius 2 is 1.74 bits per heavy atom. The summed E-state index contributed by atoms with van der Waals surface area (Å²) < 4.78 is 33.5. The van der Waals surface area contributed by atoms with E-state index in [2.05, 4.69) is 15.2 Å². The highest BCUT2D eigenvalue weighted by molar-refractivity contribution is 6.32. The van der Waals surface area contributed by atoms with E-state index in [9.17, 15) is 18.4 Å². The van der Waals surface area contributed by atoms with E-state index in [1.807, 2.05) is 31.5 Å². The predicted molar refractivity (Wildman–Crippen MR) is 130 cm³/mol. The van der Waals surface area contributed by atoms with Gasteiger partial charge >= 0.3 is 6.03 Å². The van der Waals surface area contributed by atoms with Gasteiger partial charge in [0.15, 0.2) is 0 Å². The van der Waals surface area contributed by atoms with Gasteiger partial charge in [-0.1, -0.05) is 17.7 Å². The first-order chi connectivity index (χ1) is 16.7. The Bertz CT molecular complexity index is 1280. The number of imide groups is 1. The molecule has 7 nitrogen and oxygen atoms in total. The minimum atomic E-state index is -1.22. The Kier molecular flexibility index (Phi) is 7.16. The quantitative estimate of drug-likeness (QED) is 0.468. The zero-order valence-electron chi connectivity index (χ0n) is 19.1. The molecule has 1 aromatic heterocycles. The number of hydrogen-bond donors (Lipinski definition) is 2. The molecule has 10 heteroatoms. The van der Waals surface area contributed by atoms with E-state index in [1.54, 1.807) is 0 Å². The summed E-state index contributed by atoms with van der Waals surface area (Å²) >= 11 is 6.34.